The van der Waals surface area contributed by atoms with Crippen molar-refractivity contribution < 1.29 is 0 Å². The largest absolute Gasteiger partial charge is 0.313 e. The van der Waals surface area contributed by atoms with Crippen LogP contribution >= 0.6 is 0 Å². The fraction of sp³-hybridized carbons (Fsp3) is 1.00. The molecule has 0 heterocycles. The lowest BCUT2D eigenvalue weighted by Crippen LogP contribution is -2.45. The first-order chi connectivity index (χ1) is 8.87. The number of nitrogens with one attached hydrogen (secondary N) is 1. The van der Waals surface area contributed by atoms with E-state index in [2.05, 4.69) is 5.32 Å². The Kier molecular flexibility index (Phi) is 2.94. The molecule has 0 spiro atoms. The third-order valence-corrected chi connectivity index (χ3v) is 6.74. The van der Waals surface area contributed by atoms with Gasteiger partial charge in [0.15, 0.2) is 0 Å². The van der Waals surface area contributed by atoms with Gasteiger partial charge in [0.05, 0.1) is 0 Å². The Balaban J connectivity index is 1.52. The normalized spacial score (nSPS) is 44.7. The van der Waals surface area contributed by atoms with Gasteiger partial charge in [0.1, 0.15) is 0 Å². The molecule has 0 aromatic heterocycles. The Labute approximate surface area is 112 Å². The van der Waals surface area contributed by atoms with Gasteiger partial charge in [0.2, 0.25) is 0 Å². The van der Waals surface area contributed by atoms with E-state index in [0.717, 1.165) is 29.2 Å². The highest BCUT2D eigenvalue weighted by atomic mass is 15.0. The number of rotatable bonds is 4. The summed E-state index contributed by atoms with van der Waals surface area (Å²) in [7, 11) is 0. The van der Waals surface area contributed by atoms with Crippen molar-refractivity contribution in [2.75, 3.05) is 6.54 Å². The maximum atomic E-state index is 3.92. The molecule has 0 aromatic rings. The predicted octanol–water partition coefficient (Wildman–Crippen LogP) is 4.13. The van der Waals surface area contributed by atoms with Crippen LogP contribution in [0.4, 0.5) is 0 Å². The first-order valence-electron chi connectivity index (χ1n) is 8.60. The molecule has 0 radical (unpaired) electrons. The minimum atomic E-state index is 0.742. The quantitative estimate of drug-likeness (QED) is 0.788. The second-order valence-corrected chi connectivity index (χ2v) is 7.80. The highest BCUT2D eigenvalue weighted by molar-refractivity contribution is 5.05. The van der Waals surface area contributed by atoms with Gasteiger partial charge >= 0.3 is 0 Å². The second kappa shape index (κ2) is 4.51. The Morgan fingerprint density at radius 3 is 2.28 bits per heavy atom. The Morgan fingerprint density at radius 1 is 0.833 bits per heavy atom. The van der Waals surface area contributed by atoms with Crippen LogP contribution in [0, 0.1) is 23.2 Å². The van der Waals surface area contributed by atoms with Gasteiger partial charge in [-0.2, -0.15) is 0 Å². The van der Waals surface area contributed by atoms with Crippen molar-refractivity contribution in [3.63, 3.8) is 0 Å². The van der Waals surface area contributed by atoms with Gasteiger partial charge in [-0.25, -0.2) is 0 Å². The molecule has 1 nitrogen and oxygen atoms in total. The lowest BCUT2D eigenvalue weighted by molar-refractivity contribution is 0.0475. The molecular formula is C17H29N. The molecule has 0 saturated heterocycles. The van der Waals surface area contributed by atoms with E-state index in [-0.39, 0.29) is 0 Å². The molecule has 0 aliphatic heterocycles. The van der Waals surface area contributed by atoms with Crippen LogP contribution < -0.4 is 5.32 Å². The summed E-state index contributed by atoms with van der Waals surface area (Å²) in [4.78, 5) is 0. The summed E-state index contributed by atoms with van der Waals surface area (Å²) >= 11 is 0. The molecule has 4 saturated carbocycles. The topological polar surface area (TPSA) is 12.0 Å². The molecule has 0 aromatic carbocycles. The molecule has 3 atom stereocenters. The van der Waals surface area contributed by atoms with Crippen molar-refractivity contribution in [2.24, 2.45) is 23.2 Å². The van der Waals surface area contributed by atoms with Crippen LogP contribution in [0.2, 0.25) is 0 Å². The smallest absolute Gasteiger partial charge is 0.00684 e. The monoisotopic (exact) mass is 247 g/mol. The highest BCUT2D eigenvalue weighted by Gasteiger charge is 2.54. The lowest BCUT2D eigenvalue weighted by atomic mass is 9.61. The number of hydrogen-bond donors (Lipinski definition) is 1. The van der Waals surface area contributed by atoms with Gasteiger partial charge in [-0.15, -0.1) is 0 Å². The van der Waals surface area contributed by atoms with Crippen LogP contribution in [-0.2, 0) is 0 Å². The third-order valence-electron chi connectivity index (χ3n) is 6.74. The van der Waals surface area contributed by atoms with Crippen LogP contribution in [0.3, 0.4) is 0 Å². The van der Waals surface area contributed by atoms with E-state index >= 15 is 0 Å². The van der Waals surface area contributed by atoms with Crippen molar-refractivity contribution in [3.8, 4) is 0 Å². The summed E-state index contributed by atoms with van der Waals surface area (Å²) < 4.78 is 0. The Morgan fingerprint density at radius 2 is 1.67 bits per heavy atom. The van der Waals surface area contributed by atoms with E-state index in [1.54, 1.807) is 38.5 Å². The zero-order valence-corrected chi connectivity index (χ0v) is 11.8. The molecule has 1 N–H and O–H groups in total. The van der Waals surface area contributed by atoms with Gasteiger partial charge in [-0.1, -0.05) is 25.7 Å². The van der Waals surface area contributed by atoms with Gasteiger partial charge in [-0.3, -0.25) is 0 Å². The molecule has 4 aliphatic rings. The van der Waals surface area contributed by atoms with E-state index in [1.807, 2.05) is 0 Å². The van der Waals surface area contributed by atoms with Crippen LogP contribution in [0.15, 0.2) is 0 Å². The molecule has 4 fully saturated rings. The van der Waals surface area contributed by atoms with Crippen molar-refractivity contribution in [1.29, 1.82) is 0 Å². The summed E-state index contributed by atoms with van der Waals surface area (Å²) in [6.07, 6.45) is 16.9. The van der Waals surface area contributed by atoms with Crippen LogP contribution in [0.5, 0.6) is 0 Å². The van der Waals surface area contributed by atoms with Crippen LogP contribution in [-0.4, -0.2) is 12.6 Å². The zero-order valence-electron chi connectivity index (χ0n) is 11.8. The average molecular weight is 247 g/mol. The summed E-state index contributed by atoms with van der Waals surface area (Å²) in [5, 5.41) is 3.92. The molecule has 102 valence electrons. The fourth-order valence-corrected chi connectivity index (χ4v) is 5.65. The SMILES string of the molecule is C1CCC(C2(CNC3CC3)CC3CCC2C3)CC1. The van der Waals surface area contributed by atoms with E-state index < -0.39 is 0 Å². The maximum absolute atomic E-state index is 3.92. The minimum absolute atomic E-state index is 0.742. The van der Waals surface area contributed by atoms with Crippen molar-refractivity contribution in [2.45, 2.75) is 76.7 Å². The molecule has 0 amide bonds. The molecule has 18 heavy (non-hydrogen) atoms. The van der Waals surface area contributed by atoms with E-state index in [1.165, 1.54) is 38.6 Å². The first-order valence-corrected chi connectivity index (χ1v) is 8.60. The summed E-state index contributed by atoms with van der Waals surface area (Å²) in [5.74, 6) is 3.28. The van der Waals surface area contributed by atoms with Gasteiger partial charge < -0.3 is 5.32 Å². The summed E-state index contributed by atoms with van der Waals surface area (Å²) in [6.45, 7) is 1.38. The van der Waals surface area contributed by atoms with Crippen molar-refractivity contribution >= 4 is 0 Å². The summed E-state index contributed by atoms with van der Waals surface area (Å²) in [5.41, 5.74) is 0.742. The number of fused-ring (bicyclic) bond motifs is 2. The third kappa shape index (κ3) is 1.94. The second-order valence-electron chi connectivity index (χ2n) is 7.80. The molecule has 3 unspecified atom stereocenters. The molecule has 4 aliphatic carbocycles. The molecule has 4 rings (SSSR count). The fourth-order valence-electron chi connectivity index (χ4n) is 5.65. The van der Waals surface area contributed by atoms with Gasteiger partial charge in [0, 0.05) is 12.6 Å². The first kappa shape index (κ1) is 11.8. The number of hydrogen-bond acceptors (Lipinski definition) is 1. The minimum Gasteiger partial charge on any atom is -0.313 e. The van der Waals surface area contributed by atoms with Crippen LogP contribution in [0.25, 0.3) is 0 Å². The zero-order chi connectivity index (χ0) is 12.0. The predicted molar refractivity (Wildman–Crippen MR) is 75.5 cm³/mol. The lowest BCUT2D eigenvalue weighted by Gasteiger charge is -2.46. The average Bonchev–Trinajstić information content (AvgIpc) is 3.04. The molecule has 1 heteroatoms. The molecule has 2 bridgehead atoms. The van der Waals surface area contributed by atoms with Crippen molar-refractivity contribution in [3.05, 3.63) is 0 Å². The van der Waals surface area contributed by atoms with E-state index in [0.29, 0.717) is 0 Å². The van der Waals surface area contributed by atoms with Gasteiger partial charge in [0.25, 0.3) is 0 Å². The standard InChI is InChI=1S/C17H29N/c1-2-4-14(5-3-1)17(12-18-16-8-9-16)11-13-6-7-15(17)10-13/h13-16,18H,1-12H2. The maximum Gasteiger partial charge on any atom is 0.00684 e. The van der Waals surface area contributed by atoms with E-state index in [4.69, 9.17) is 0 Å². The Hall–Kier alpha value is -0.0400. The van der Waals surface area contributed by atoms with E-state index in [9.17, 15) is 0 Å². The van der Waals surface area contributed by atoms with Gasteiger partial charge in [-0.05, 0) is 68.1 Å². The van der Waals surface area contributed by atoms with Crippen molar-refractivity contribution in [1.82, 2.24) is 5.32 Å². The summed E-state index contributed by atoms with van der Waals surface area (Å²) in [6, 6.07) is 0.907. The Bertz CT molecular complexity index is 303. The highest BCUT2D eigenvalue weighted by Crippen LogP contribution is 2.61. The molecular weight excluding hydrogens is 218 g/mol. The van der Waals surface area contributed by atoms with Crippen LogP contribution in [0.1, 0.15) is 70.6 Å².